The maximum atomic E-state index is 12.0. The minimum Gasteiger partial charge on any atom is -0.483 e. The molecule has 23 heavy (non-hydrogen) atoms. The number of benzene rings is 2. The summed E-state index contributed by atoms with van der Waals surface area (Å²) in [4.78, 5) is 12.0. The third-order valence-corrected chi connectivity index (χ3v) is 4.46. The van der Waals surface area contributed by atoms with Crippen molar-refractivity contribution >= 4 is 39.1 Å². The highest BCUT2D eigenvalue weighted by molar-refractivity contribution is 9.10. The van der Waals surface area contributed by atoms with E-state index < -0.39 is 0 Å². The third-order valence-electron chi connectivity index (χ3n) is 3.44. The smallest absolute Gasteiger partial charge is 0.262 e. The first-order valence-electron chi connectivity index (χ1n) is 7.47. The lowest BCUT2D eigenvalue weighted by atomic mass is 10.1. The highest BCUT2D eigenvalue weighted by atomic mass is 79.9. The molecule has 1 N–H and O–H groups in total. The topological polar surface area (TPSA) is 38.3 Å². The van der Waals surface area contributed by atoms with E-state index in [1.807, 2.05) is 31.2 Å². The zero-order valence-corrected chi connectivity index (χ0v) is 15.5. The number of carbonyl (C=O) groups excluding carboxylic acids is 1. The minimum atomic E-state index is -0.222. The highest BCUT2D eigenvalue weighted by Crippen LogP contribution is 2.27. The van der Waals surface area contributed by atoms with Gasteiger partial charge in [-0.05, 0) is 64.7 Å². The average molecular weight is 397 g/mol. The number of ether oxygens (including phenoxy) is 1. The van der Waals surface area contributed by atoms with Crippen LogP contribution < -0.4 is 10.1 Å². The molecular formula is C18H19BrClNO2. The predicted molar refractivity (Wildman–Crippen MR) is 98.5 cm³/mol. The van der Waals surface area contributed by atoms with E-state index in [4.69, 9.17) is 16.3 Å². The van der Waals surface area contributed by atoms with Crippen LogP contribution in [-0.4, -0.2) is 12.5 Å². The summed E-state index contributed by atoms with van der Waals surface area (Å²) in [5.41, 5.74) is 2.78. The lowest BCUT2D eigenvalue weighted by molar-refractivity contribution is -0.118. The molecule has 0 aliphatic heterocycles. The summed E-state index contributed by atoms with van der Waals surface area (Å²) in [5.74, 6) is 0.433. The van der Waals surface area contributed by atoms with Gasteiger partial charge in [-0.1, -0.05) is 37.1 Å². The van der Waals surface area contributed by atoms with Gasteiger partial charge in [0.05, 0.1) is 4.47 Å². The van der Waals surface area contributed by atoms with Crippen LogP contribution in [0.1, 0.15) is 24.5 Å². The van der Waals surface area contributed by atoms with E-state index in [1.165, 1.54) is 5.56 Å². The van der Waals surface area contributed by atoms with Crippen molar-refractivity contribution in [2.24, 2.45) is 0 Å². The van der Waals surface area contributed by atoms with Gasteiger partial charge in [-0.15, -0.1) is 0 Å². The number of rotatable bonds is 6. The Balaban J connectivity index is 1.95. The second kappa shape index (κ2) is 8.37. The van der Waals surface area contributed by atoms with Gasteiger partial charge in [-0.3, -0.25) is 4.79 Å². The summed E-state index contributed by atoms with van der Waals surface area (Å²) in [6.45, 7) is 3.94. The number of carbonyl (C=O) groups is 1. The maximum Gasteiger partial charge on any atom is 0.262 e. The number of hydrogen-bond acceptors (Lipinski definition) is 2. The fourth-order valence-electron chi connectivity index (χ4n) is 2.18. The van der Waals surface area contributed by atoms with Crippen LogP contribution in [0.5, 0.6) is 5.75 Å². The van der Waals surface area contributed by atoms with Crippen molar-refractivity contribution in [1.82, 2.24) is 0 Å². The molecule has 0 heterocycles. The van der Waals surface area contributed by atoms with Crippen molar-refractivity contribution < 1.29 is 9.53 Å². The number of halogens is 2. The molecule has 0 atom stereocenters. The zero-order valence-electron chi connectivity index (χ0n) is 13.2. The van der Waals surface area contributed by atoms with E-state index >= 15 is 0 Å². The highest BCUT2D eigenvalue weighted by Gasteiger charge is 2.09. The maximum absolute atomic E-state index is 12.0. The summed E-state index contributed by atoms with van der Waals surface area (Å²) in [5, 5.41) is 3.43. The lowest BCUT2D eigenvalue weighted by Gasteiger charge is -2.12. The minimum absolute atomic E-state index is 0.0579. The molecule has 0 aliphatic carbocycles. The second-order valence-corrected chi connectivity index (χ2v) is 6.53. The molecule has 0 unspecified atom stereocenters. The van der Waals surface area contributed by atoms with Crippen LogP contribution in [0.2, 0.25) is 5.02 Å². The quantitative estimate of drug-likeness (QED) is 0.712. The number of amides is 1. The van der Waals surface area contributed by atoms with E-state index in [9.17, 15) is 4.79 Å². The Morgan fingerprint density at radius 2 is 2.09 bits per heavy atom. The Morgan fingerprint density at radius 1 is 1.30 bits per heavy atom. The molecule has 0 bridgehead atoms. The van der Waals surface area contributed by atoms with Crippen LogP contribution in [0.3, 0.4) is 0 Å². The van der Waals surface area contributed by atoms with E-state index in [1.54, 1.807) is 12.1 Å². The molecule has 0 saturated carbocycles. The molecule has 2 aromatic carbocycles. The molecule has 0 spiro atoms. The standard InChI is InChI=1S/C18H19BrClNO2/c1-3-5-13-8-9-17(14(19)10-13)23-11-18(22)21-16-7-4-6-15(20)12(16)2/h4,6-10H,3,5,11H2,1-2H3,(H,21,22). The van der Waals surface area contributed by atoms with Crippen LogP contribution in [0.15, 0.2) is 40.9 Å². The van der Waals surface area contributed by atoms with Crippen molar-refractivity contribution in [3.63, 3.8) is 0 Å². The molecule has 0 aromatic heterocycles. The number of nitrogens with one attached hydrogen (secondary N) is 1. The largest absolute Gasteiger partial charge is 0.483 e. The fraction of sp³-hybridized carbons (Fsp3) is 0.278. The third kappa shape index (κ3) is 4.98. The van der Waals surface area contributed by atoms with E-state index in [0.717, 1.165) is 22.9 Å². The van der Waals surface area contributed by atoms with E-state index in [2.05, 4.69) is 28.2 Å². The molecule has 0 aliphatic rings. The molecule has 5 heteroatoms. The molecule has 0 fully saturated rings. The summed E-state index contributed by atoms with van der Waals surface area (Å²) < 4.78 is 6.44. The molecule has 2 aromatic rings. The van der Waals surface area contributed by atoms with Gasteiger partial charge in [0, 0.05) is 10.7 Å². The van der Waals surface area contributed by atoms with Crippen molar-refractivity contribution in [2.75, 3.05) is 11.9 Å². The van der Waals surface area contributed by atoms with Crippen molar-refractivity contribution in [2.45, 2.75) is 26.7 Å². The Labute approximate surface area is 150 Å². The monoisotopic (exact) mass is 395 g/mol. The van der Waals surface area contributed by atoms with Gasteiger partial charge in [0.1, 0.15) is 5.75 Å². The van der Waals surface area contributed by atoms with Gasteiger partial charge in [0.25, 0.3) is 5.91 Å². The van der Waals surface area contributed by atoms with Gasteiger partial charge in [0.15, 0.2) is 6.61 Å². The molecule has 0 radical (unpaired) electrons. The fourth-order valence-corrected chi connectivity index (χ4v) is 2.89. The van der Waals surface area contributed by atoms with Gasteiger partial charge in [0.2, 0.25) is 0 Å². The van der Waals surface area contributed by atoms with Crippen LogP contribution >= 0.6 is 27.5 Å². The molecule has 3 nitrogen and oxygen atoms in total. The first-order valence-corrected chi connectivity index (χ1v) is 8.64. The van der Waals surface area contributed by atoms with Crippen LogP contribution in [0.25, 0.3) is 0 Å². The van der Waals surface area contributed by atoms with Crippen LogP contribution in [-0.2, 0) is 11.2 Å². The molecule has 1 amide bonds. The molecular weight excluding hydrogens is 378 g/mol. The SMILES string of the molecule is CCCc1ccc(OCC(=O)Nc2cccc(Cl)c2C)c(Br)c1. The summed E-state index contributed by atoms with van der Waals surface area (Å²) in [6, 6.07) is 11.3. The number of hydrogen-bond donors (Lipinski definition) is 1. The molecule has 2 rings (SSSR count). The van der Waals surface area contributed by atoms with Crippen LogP contribution in [0.4, 0.5) is 5.69 Å². The van der Waals surface area contributed by atoms with Crippen molar-refractivity contribution in [3.05, 3.63) is 57.0 Å². The van der Waals surface area contributed by atoms with Gasteiger partial charge >= 0.3 is 0 Å². The average Bonchev–Trinajstić information content (AvgIpc) is 2.51. The zero-order chi connectivity index (χ0) is 16.8. The Hall–Kier alpha value is -1.52. The van der Waals surface area contributed by atoms with Crippen molar-refractivity contribution in [1.29, 1.82) is 0 Å². The predicted octanol–water partition coefficient (Wildman–Crippen LogP) is 5.38. The van der Waals surface area contributed by atoms with Gasteiger partial charge in [-0.2, -0.15) is 0 Å². The number of anilines is 1. The van der Waals surface area contributed by atoms with Crippen molar-refractivity contribution in [3.8, 4) is 5.75 Å². The first-order chi connectivity index (χ1) is 11.0. The second-order valence-electron chi connectivity index (χ2n) is 5.26. The summed E-state index contributed by atoms with van der Waals surface area (Å²) >= 11 is 9.52. The first kappa shape index (κ1) is 17.8. The number of aryl methyl sites for hydroxylation is 1. The Morgan fingerprint density at radius 3 is 2.78 bits per heavy atom. The van der Waals surface area contributed by atoms with Crippen LogP contribution in [0, 0.1) is 6.92 Å². The van der Waals surface area contributed by atoms with E-state index in [-0.39, 0.29) is 12.5 Å². The lowest BCUT2D eigenvalue weighted by Crippen LogP contribution is -2.20. The Bertz CT molecular complexity index is 703. The molecule has 122 valence electrons. The summed E-state index contributed by atoms with van der Waals surface area (Å²) in [6.07, 6.45) is 2.11. The Kier molecular flexibility index (Phi) is 6.48. The van der Waals surface area contributed by atoms with Gasteiger partial charge < -0.3 is 10.1 Å². The molecule has 0 saturated heterocycles. The van der Waals surface area contributed by atoms with Gasteiger partial charge in [-0.25, -0.2) is 0 Å². The summed E-state index contributed by atoms with van der Waals surface area (Å²) in [7, 11) is 0. The normalized spacial score (nSPS) is 10.4. The van der Waals surface area contributed by atoms with E-state index in [0.29, 0.717) is 16.5 Å².